The van der Waals surface area contributed by atoms with E-state index in [1.165, 1.54) is 13.0 Å². The van der Waals surface area contributed by atoms with Crippen molar-refractivity contribution in [2.24, 2.45) is 0 Å². The first-order valence-corrected chi connectivity index (χ1v) is 4.42. The van der Waals surface area contributed by atoms with E-state index in [1.54, 1.807) is 0 Å². The number of hydrogen-bond acceptors (Lipinski definition) is 2. The lowest BCUT2D eigenvalue weighted by Crippen LogP contribution is -2.27. The molecule has 0 saturated heterocycles. The number of hydrogen-bond donors (Lipinski definition) is 0. The molecular weight excluding hydrogens is 136 g/mol. The molecule has 0 fully saturated rings. The van der Waals surface area contributed by atoms with E-state index in [0.717, 1.165) is 13.1 Å². The smallest absolute Gasteiger partial charge is 0.0387 e. The van der Waals surface area contributed by atoms with Gasteiger partial charge in [0, 0.05) is 13.1 Å². The largest absolute Gasteiger partial charge is 0.305 e. The van der Waals surface area contributed by atoms with Crippen LogP contribution in [0.25, 0.3) is 0 Å². The fraction of sp³-hybridized carbons (Fsp3) is 0.889. The maximum Gasteiger partial charge on any atom is 0.0387 e. The lowest BCUT2D eigenvalue weighted by Gasteiger charge is -2.19. The maximum absolute atomic E-state index is 2.33. The molecular formula is C9H21N2. The topological polar surface area (TPSA) is 6.48 Å². The van der Waals surface area contributed by atoms with Gasteiger partial charge < -0.3 is 9.80 Å². The molecule has 0 aliphatic rings. The molecule has 0 aliphatic heterocycles. The highest BCUT2D eigenvalue weighted by molar-refractivity contribution is 4.67. The maximum atomic E-state index is 2.33. The molecule has 2 nitrogen and oxygen atoms in total. The third kappa shape index (κ3) is 6.32. The van der Waals surface area contributed by atoms with Crippen LogP contribution in [0.15, 0.2) is 0 Å². The van der Waals surface area contributed by atoms with Gasteiger partial charge in [-0.25, -0.2) is 0 Å². The van der Waals surface area contributed by atoms with Crippen molar-refractivity contribution in [3.63, 3.8) is 0 Å². The third-order valence-electron chi connectivity index (χ3n) is 1.81. The van der Waals surface area contributed by atoms with Crippen molar-refractivity contribution < 1.29 is 0 Å². The Morgan fingerprint density at radius 1 is 1.18 bits per heavy atom. The number of nitrogens with zero attached hydrogens (tertiary/aromatic N) is 2. The number of likely N-dealkylation sites (N-methyl/N-ethyl adjacent to an activating group) is 2. The monoisotopic (exact) mass is 157 g/mol. The Morgan fingerprint density at radius 2 is 1.82 bits per heavy atom. The Bertz CT molecular complexity index is 83.6. The zero-order valence-electron chi connectivity index (χ0n) is 8.30. The minimum Gasteiger partial charge on any atom is -0.305 e. The van der Waals surface area contributed by atoms with Crippen molar-refractivity contribution in [2.45, 2.75) is 20.3 Å². The molecule has 0 saturated carbocycles. The molecule has 0 aromatic rings. The summed E-state index contributed by atoms with van der Waals surface area (Å²) in [6, 6.07) is 0. The van der Waals surface area contributed by atoms with Gasteiger partial charge >= 0.3 is 0 Å². The lowest BCUT2D eigenvalue weighted by molar-refractivity contribution is 0.307. The summed E-state index contributed by atoms with van der Waals surface area (Å²) in [5.41, 5.74) is 0. The van der Waals surface area contributed by atoms with Crippen LogP contribution in [-0.2, 0) is 0 Å². The van der Waals surface area contributed by atoms with Gasteiger partial charge in [-0.2, -0.15) is 0 Å². The second-order valence-electron chi connectivity index (χ2n) is 3.02. The van der Waals surface area contributed by atoms with Crippen molar-refractivity contribution in [1.29, 1.82) is 0 Å². The molecule has 0 amide bonds. The summed E-state index contributed by atoms with van der Waals surface area (Å²) in [6.45, 7) is 9.96. The van der Waals surface area contributed by atoms with Gasteiger partial charge in [0.2, 0.25) is 0 Å². The predicted octanol–water partition coefficient (Wildman–Crippen LogP) is 1.44. The van der Waals surface area contributed by atoms with Gasteiger partial charge in [0.15, 0.2) is 0 Å². The minimum absolute atomic E-state index is 1.07. The molecule has 0 aliphatic carbocycles. The van der Waals surface area contributed by atoms with Crippen LogP contribution in [0, 0.1) is 6.54 Å². The van der Waals surface area contributed by atoms with Gasteiger partial charge in [0.05, 0.1) is 0 Å². The Balaban J connectivity index is 3.22. The van der Waals surface area contributed by atoms with Gasteiger partial charge in [-0.1, -0.05) is 13.8 Å². The van der Waals surface area contributed by atoms with Crippen LogP contribution in [0.4, 0.5) is 0 Å². The fourth-order valence-corrected chi connectivity index (χ4v) is 0.881. The molecule has 1 radical (unpaired) electrons. The van der Waals surface area contributed by atoms with E-state index in [0.29, 0.717) is 0 Å². The second-order valence-corrected chi connectivity index (χ2v) is 3.02. The van der Waals surface area contributed by atoms with Crippen LogP contribution in [-0.4, -0.2) is 43.5 Å². The predicted molar refractivity (Wildman–Crippen MR) is 50.4 cm³/mol. The zero-order valence-corrected chi connectivity index (χ0v) is 8.30. The van der Waals surface area contributed by atoms with Gasteiger partial charge in [0.25, 0.3) is 0 Å². The number of rotatable bonds is 6. The summed E-state index contributed by atoms with van der Waals surface area (Å²) in [6.07, 6.45) is 1.24. The molecule has 0 bridgehead atoms. The van der Waals surface area contributed by atoms with Crippen molar-refractivity contribution in [3.05, 3.63) is 6.54 Å². The Morgan fingerprint density at radius 3 is 2.27 bits per heavy atom. The van der Waals surface area contributed by atoms with Crippen LogP contribution in [0.3, 0.4) is 0 Å². The van der Waals surface area contributed by atoms with Crippen LogP contribution in [0.1, 0.15) is 20.3 Å². The zero-order chi connectivity index (χ0) is 8.69. The molecule has 2 heteroatoms. The third-order valence-corrected chi connectivity index (χ3v) is 1.81. The van der Waals surface area contributed by atoms with Crippen molar-refractivity contribution in [1.82, 2.24) is 9.80 Å². The average Bonchev–Trinajstić information content (AvgIpc) is 2.01. The van der Waals surface area contributed by atoms with E-state index < -0.39 is 0 Å². The first-order valence-electron chi connectivity index (χ1n) is 4.42. The van der Waals surface area contributed by atoms with E-state index in [1.807, 2.05) is 0 Å². The van der Waals surface area contributed by atoms with E-state index in [4.69, 9.17) is 0 Å². The van der Waals surface area contributed by atoms with Crippen molar-refractivity contribution in [2.75, 3.05) is 33.7 Å². The Kier molecular flexibility index (Phi) is 6.57. The summed E-state index contributed by atoms with van der Waals surface area (Å²) in [5.74, 6) is 0. The first-order chi connectivity index (χ1) is 5.20. The molecule has 0 heterocycles. The van der Waals surface area contributed by atoms with Crippen LogP contribution >= 0.6 is 0 Å². The lowest BCUT2D eigenvalue weighted by atomic mass is 10.4. The Hall–Kier alpha value is -0.0800. The second kappa shape index (κ2) is 6.62. The summed E-state index contributed by atoms with van der Waals surface area (Å²) >= 11 is 0. The highest BCUT2D eigenvalue weighted by atomic mass is 15.2. The fourth-order valence-electron chi connectivity index (χ4n) is 0.881. The summed E-state index contributed by atoms with van der Waals surface area (Å²) < 4.78 is 0. The molecule has 11 heavy (non-hydrogen) atoms. The molecule has 0 aromatic carbocycles. The normalized spacial score (nSPS) is 11.5. The molecule has 0 atom stereocenters. The van der Waals surface area contributed by atoms with Crippen LogP contribution in [0.2, 0.25) is 0 Å². The first kappa shape index (κ1) is 10.9. The van der Waals surface area contributed by atoms with Crippen molar-refractivity contribution in [3.8, 4) is 0 Å². The van der Waals surface area contributed by atoms with E-state index in [-0.39, 0.29) is 0 Å². The summed E-state index contributed by atoms with van der Waals surface area (Å²) in [7, 11) is 4.27. The van der Waals surface area contributed by atoms with Gasteiger partial charge in [-0.15, -0.1) is 0 Å². The van der Waals surface area contributed by atoms with E-state index in [2.05, 4.69) is 44.3 Å². The minimum atomic E-state index is 1.07. The quantitative estimate of drug-likeness (QED) is 0.575. The van der Waals surface area contributed by atoms with Crippen LogP contribution in [0.5, 0.6) is 0 Å². The average molecular weight is 157 g/mol. The molecule has 0 unspecified atom stereocenters. The molecule has 67 valence electrons. The van der Waals surface area contributed by atoms with Gasteiger partial charge in [-0.3, -0.25) is 0 Å². The van der Waals surface area contributed by atoms with Crippen LogP contribution < -0.4 is 0 Å². The molecule has 0 spiro atoms. The standard InChI is InChI=1S/C9H21N2/c1-5-7-11(4)9-8-10(3)6-2/h8H,5-7,9H2,1-4H3. The van der Waals surface area contributed by atoms with Crippen molar-refractivity contribution >= 4 is 0 Å². The molecule has 0 rings (SSSR count). The SMILES string of the molecule is CCCN(C)C[CH]N(C)CC. The van der Waals surface area contributed by atoms with E-state index >= 15 is 0 Å². The van der Waals surface area contributed by atoms with E-state index in [9.17, 15) is 0 Å². The summed E-state index contributed by atoms with van der Waals surface area (Å²) in [5, 5.41) is 0. The van der Waals surface area contributed by atoms with Gasteiger partial charge in [0.1, 0.15) is 0 Å². The van der Waals surface area contributed by atoms with Gasteiger partial charge in [-0.05, 0) is 33.6 Å². The highest BCUT2D eigenvalue weighted by Crippen LogP contribution is 1.92. The molecule has 0 N–H and O–H groups in total. The Labute approximate surface area is 71.2 Å². The highest BCUT2D eigenvalue weighted by Gasteiger charge is 1.98. The molecule has 0 aromatic heterocycles. The summed E-state index contributed by atoms with van der Waals surface area (Å²) in [4.78, 5) is 4.54.